The summed E-state index contributed by atoms with van der Waals surface area (Å²) in [6, 6.07) is 16.2. The first-order valence-corrected chi connectivity index (χ1v) is 10.7. The van der Waals surface area contributed by atoms with Crippen molar-refractivity contribution < 1.29 is 4.79 Å². The van der Waals surface area contributed by atoms with Crippen molar-refractivity contribution in [3.8, 4) is 22.0 Å². The van der Waals surface area contributed by atoms with Crippen LogP contribution < -0.4 is 5.32 Å². The van der Waals surface area contributed by atoms with Gasteiger partial charge in [-0.1, -0.05) is 42.0 Å². The summed E-state index contributed by atoms with van der Waals surface area (Å²) in [4.78, 5) is 17.2. The Balaban J connectivity index is 1.27. The Morgan fingerprint density at radius 2 is 2.00 bits per heavy atom. The van der Waals surface area contributed by atoms with Crippen molar-refractivity contribution in [2.45, 2.75) is 32.2 Å². The summed E-state index contributed by atoms with van der Waals surface area (Å²) in [5, 5.41) is 17.9. The van der Waals surface area contributed by atoms with Crippen molar-refractivity contribution in [2.75, 3.05) is 5.32 Å². The highest BCUT2D eigenvalue weighted by atomic mass is 32.1. The van der Waals surface area contributed by atoms with Gasteiger partial charge in [-0.15, -0.1) is 16.4 Å². The van der Waals surface area contributed by atoms with E-state index < -0.39 is 0 Å². The summed E-state index contributed by atoms with van der Waals surface area (Å²) in [7, 11) is 0. The van der Waals surface area contributed by atoms with Crippen LogP contribution in [-0.2, 0) is 11.2 Å². The third-order valence-corrected chi connectivity index (χ3v) is 5.92. The van der Waals surface area contributed by atoms with Crippen molar-refractivity contribution in [3.05, 3.63) is 65.2 Å². The fourth-order valence-electron chi connectivity index (χ4n) is 3.27. The maximum Gasteiger partial charge on any atom is 0.230 e. The molecule has 1 saturated carbocycles. The average molecular weight is 417 g/mol. The number of aryl methyl sites for hydroxylation is 1. The van der Waals surface area contributed by atoms with Crippen LogP contribution in [0.2, 0.25) is 0 Å². The number of carbonyl (C=O) groups is 1. The highest BCUT2D eigenvalue weighted by Gasteiger charge is 2.28. The summed E-state index contributed by atoms with van der Waals surface area (Å²) >= 11 is 1.55. The summed E-state index contributed by atoms with van der Waals surface area (Å²) in [6.07, 6.45) is 2.44. The van der Waals surface area contributed by atoms with Crippen molar-refractivity contribution in [1.29, 1.82) is 0 Å². The number of hydrogen-bond donors (Lipinski definition) is 1. The molecule has 8 heteroatoms. The number of nitrogens with zero attached hydrogens (tertiary/aromatic N) is 5. The van der Waals surface area contributed by atoms with Gasteiger partial charge in [0.15, 0.2) is 5.82 Å². The van der Waals surface area contributed by atoms with Gasteiger partial charge in [-0.2, -0.15) is 0 Å². The molecule has 1 aliphatic rings. The standard InChI is InChI=1S/C22H20N6OS/c1-14-5-7-15(8-6-14)22-24-18(13-30-22)12-20(29)23-17-4-2-3-16(11-17)21-25-26-27-28(21)19-9-10-19/h2-8,11,13,19H,9-10,12H2,1H3,(H,23,29). The largest absolute Gasteiger partial charge is 0.326 e. The lowest BCUT2D eigenvalue weighted by Gasteiger charge is -2.07. The maximum atomic E-state index is 12.6. The average Bonchev–Trinajstić information content (AvgIpc) is 3.28. The summed E-state index contributed by atoms with van der Waals surface area (Å²) in [5.41, 5.74) is 4.65. The number of tetrazole rings is 1. The number of benzene rings is 2. The highest BCUT2D eigenvalue weighted by molar-refractivity contribution is 7.13. The van der Waals surface area contributed by atoms with Gasteiger partial charge < -0.3 is 5.32 Å². The zero-order valence-electron chi connectivity index (χ0n) is 16.4. The first kappa shape index (κ1) is 18.6. The monoisotopic (exact) mass is 416 g/mol. The summed E-state index contributed by atoms with van der Waals surface area (Å²) in [5.74, 6) is 0.630. The van der Waals surface area contributed by atoms with Gasteiger partial charge in [0.05, 0.1) is 18.2 Å². The van der Waals surface area contributed by atoms with E-state index in [2.05, 4.69) is 57.0 Å². The fourth-order valence-corrected chi connectivity index (χ4v) is 4.10. The molecule has 30 heavy (non-hydrogen) atoms. The second-order valence-electron chi connectivity index (χ2n) is 7.49. The predicted molar refractivity (Wildman–Crippen MR) is 116 cm³/mol. The van der Waals surface area contributed by atoms with Crippen molar-refractivity contribution >= 4 is 22.9 Å². The molecule has 1 aliphatic carbocycles. The zero-order chi connectivity index (χ0) is 20.5. The number of anilines is 1. The molecule has 0 spiro atoms. The van der Waals surface area contributed by atoms with Gasteiger partial charge in [0, 0.05) is 22.2 Å². The molecule has 0 saturated heterocycles. The maximum absolute atomic E-state index is 12.6. The second kappa shape index (κ2) is 7.79. The van der Waals surface area contributed by atoms with Gasteiger partial charge in [-0.05, 0) is 42.3 Å². The Hall–Kier alpha value is -3.39. The molecule has 5 rings (SSSR count). The molecular weight excluding hydrogens is 396 g/mol. The molecule has 0 aliphatic heterocycles. The third kappa shape index (κ3) is 3.99. The Morgan fingerprint density at radius 1 is 1.17 bits per heavy atom. The predicted octanol–water partition coefficient (Wildman–Crippen LogP) is 4.29. The minimum absolute atomic E-state index is 0.102. The normalized spacial score (nSPS) is 13.4. The fraction of sp³-hybridized carbons (Fsp3) is 0.227. The summed E-state index contributed by atoms with van der Waals surface area (Å²) < 4.78 is 1.86. The number of rotatable bonds is 6. The van der Waals surface area contributed by atoms with Crippen LogP contribution in [-0.4, -0.2) is 31.1 Å². The van der Waals surface area contributed by atoms with Gasteiger partial charge in [-0.3, -0.25) is 4.79 Å². The molecule has 2 heterocycles. The van der Waals surface area contributed by atoms with E-state index in [4.69, 9.17) is 0 Å². The summed E-state index contributed by atoms with van der Waals surface area (Å²) in [6.45, 7) is 2.06. The number of carbonyl (C=O) groups excluding carboxylic acids is 1. The molecule has 1 amide bonds. The lowest BCUT2D eigenvalue weighted by atomic mass is 10.1. The van der Waals surface area contributed by atoms with Gasteiger partial charge >= 0.3 is 0 Å². The van der Waals surface area contributed by atoms with Crippen LogP contribution in [0.25, 0.3) is 22.0 Å². The topological polar surface area (TPSA) is 85.6 Å². The lowest BCUT2D eigenvalue weighted by molar-refractivity contribution is -0.115. The van der Waals surface area contributed by atoms with Crippen molar-refractivity contribution in [3.63, 3.8) is 0 Å². The molecule has 2 aromatic heterocycles. The Morgan fingerprint density at radius 3 is 2.80 bits per heavy atom. The minimum Gasteiger partial charge on any atom is -0.326 e. The highest BCUT2D eigenvalue weighted by Crippen LogP contribution is 2.36. The van der Waals surface area contributed by atoms with Crippen LogP contribution in [0.5, 0.6) is 0 Å². The molecule has 0 bridgehead atoms. The van der Waals surface area contributed by atoms with E-state index in [1.165, 1.54) is 5.56 Å². The molecule has 1 N–H and O–H groups in total. The zero-order valence-corrected chi connectivity index (χ0v) is 17.3. The Labute approximate surface area is 177 Å². The molecule has 2 aromatic carbocycles. The minimum atomic E-state index is -0.102. The van der Waals surface area contributed by atoms with Crippen molar-refractivity contribution in [2.24, 2.45) is 0 Å². The van der Waals surface area contributed by atoms with E-state index in [1.807, 2.05) is 34.3 Å². The number of hydrogen-bond acceptors (Lipinski definition) is 6. The Kier molecular flexibility index (Phi) is 4.84. The van der Waals surface area contributed by atoms with E-state index in [9.17, 15) is 4.79 Å². The van der Waals surface area contributed by atoms with Crippen LogP contribution in [0.15, 0.2) is 53.9 Å². The van der Waals surface area contributed by atoms with Crippen LogP contribution in [0.3, 0.4) is 0 Å². The van der Waals surface area contributed by atoms with Crippen LogP contribution in [0.1, 0.15) is 30.1 Å². The number of nitrogens with one attached hydrogen (secondary N) is 1. The van der Waals surface area contributed by atoms with Crippen LogP contribution >= 0.6 is 11.3 Å². The van der Waals surface area contributed by atoms with Crippen molar-refractivity contribution in [1.82, 2.24) is 25.2 Å². The number of aromatic nitrogens is 5. The molecule has 0 radical (unpaired) electrons. The smallest absolute Gasteiger partial charge is 0.230 e. The van der Waals surface area contributed by atoms with Crippen LogP contribution in [0, 0.1) is 6.92 Å². The lowest BCUT2D eigenvalue weighted by Crippen LogP contribution is -2.14. The van der Waals surface area contributed by atoms with E-state index in [0.29, 0.717) is 6.04 Å². The van der Waals surface area contributed by atoms with Gasteiger partial charge in [-0.25, -0.2) is 9.67 Å². The number of amides is 1. The second-order valence-corrected chi connectivity index (χ2v) is 8.35. The van der Waals surface area contributed by atoms with Gasteiger partial charge in [0.25, 0.3) is 0 Å². The molecule has 1 fully saturated rings. The third-order valence-electron chi connectivity index (χ3n) is 4.98. The van der Waals surface area contributed by atoms with Gasteiger partial charge in [0.1, 0.15) is 5.01 Å². The van der Waals surface area contributed by atoms with E-state index in [0.717, 1.165) is 46.2 Å². The van der Waals surface area contributed by atoms with E-state index in [-0.39, 0.29) is 12.3 Å². The number of thiazole rings is 1. The first-order chi connectivity index (χ1) is 14.7. The molecule has 150 valence electrons. The molecular formula is C22H20N6OS. The Bertz CT molecular complexity index is 1190. The molecule has 0 unspecified atom stereocenters. The van der Waals surface area contributed by atoms with Gasteiger partial charge in [0.2, 0.25) is 5.91 Å². The van der Waals surface area contributed by atoms with Crippen LogP contribution in [0.4, 0.5) is 5.69 Å². The van der Waals surface area contributed by atoms with E-state index >= 15 is 0 Å². The molecule has 7 nitrogen and oxygen atoms in total. The van der Waals surface area contributed by atoms with E-state index in [1.54, 1.807) is 11.3 Å². The first-order valence-electron chi connectivity index (χ1n) is 9.85. The molecule has 4 aromatic rings. The quantitative estimate of drug-likeness (QED) is 0.507. The molecule has 0 atom stereocenters. The SMILES string of the molecule is Cc1ccc(-c2nc(CC(=O)Nc3cccc(-c4nnnn4C4CC4)c3)cs2)cc1.